The number of aromatic nitrogens is 1. The molecule has 1 aliphatic rings. The summed E-state index contributed by atoms with van der Waals surface area (Å²) in [5.41, 5.74) is -0.600. The first-order valence-electron chi connectivity index (χ1n) is 6.40. The minimum atomic E-state index is -0.642. The summed E-state index contributed by atoms with van der Waals surface area (Å²) in [5.74, 6) is -1.07. The van der Waals surface area contributed by atoms with E-state index in [9.17, 15) is 19.5 Å². The average molecular weight is 279 g/mol. The van der Waals surface area contributed by atoms with Gasteiger partial charge in [0.05, 0.1) is 5.56 Å². The van der Waals surface area contributed by atoms with Crippen LogP contribution in [-0.4, -0.2) is 27.0 Å². The van der Waals surface area contributed by atoms with Crippen molar-refractivity contribution in [3.05, 3.63) is 27.7 Å². The Morgan fingerprint density at radius 3 is 2.60 bits per heavy atom. The van der Waals surface area contributed by atoms with E-state index >= 15 is 0 Å². The normalized spacial score (nSPS) is 14.2. The number of ketones is 1. The number of hydrogen-bond donors (Lipinski definition) is 1. The number of pyridine rings is 1. The van der Waals surface area contributed by atoms with Crippen molar-refractivity contribution in [3.8, 4) is 5.75 Å². The third-order valence-electron chi connectivity index (χ3n) is 2.97. The van der Waals surface area contributed by atoms with Crippen molar-refractivity contribution in [2.24, 2.45) is 0 Å². The Kier molecular flexibility index (Phi) is 3.41. The van der Waals surface area contributed by atoms with Gasteiger partial charge in [0.1, 0.15) is 17.9 Å². The molecular formula is C14H17NO5. The molecule has 1 N–H and O–H groups in total. The second-order valence-electron chi connectivity index (χ2n) is 5.79. The summed E-state index contributed by atoms with van der Waals surface area (Å²) in [4.78, 5) is 35.4. The minimum absolute atomic E-state index is 0.146. The van der Waals surface area contributed by atoms with E-state index in [1.807, 2.05) is 0 Å². The highest BCUT2D eigenvalue weighted by Crippen LogP contribution is 2.28. The smallest absolute Gasteiger partial charge is 0.326 e. The fourth-order valence-electron chi connectivity index (χ4n) is 2.28. The highest BCUT2D eigenvalue weighted by molar-refractivity contribution is 6.02. The lowest BCUT2D eigenvalue weighted by atomic mass is 10.2. The fourth-order valence-corrected chi connectivity index (χ4v) is 2.28. The fraction of sp³-hybridized carbons (Fsp3) is 0.500. The topological polar surface area (TPSA) is 85.6 Å². The Balaban J connectivity index is 2.37. The van der Waals surface area contributed by atoms with Gasteiger partial charge in [0.2, 0.25) is 0 Å². The van der Waals surface area contributed by atoms with Gasteiger partial charge in [-0.3, -0.25) is 14.4 Å². The Labute approximate surface area is 116 Å². The SMILES string of the molecule is CC(C)(C)OC(=O)Cn1c2c(c(O)cc1=O)C(=O)CC2. The Morgan fingerprint density at radius 2 is 2.00 bits per heavy atom. The molecule has 108 valence electrons. The molecule has 6 heteroatoms. The van der Waals surface area contributed by atoms with Crippen LogP contribution < -0.4 is 5.56 Å². The molecule has 6 nitrogen and oxygen atoms in total. The number of fused-ring (bicyclic) bond motifs is 1. The van der Waals surface area contributed by atoms with E-state index in [-0.39, 0.29) is 30.1 Å². The van der Waals surface area contributed by atoms with E-state index in [4.69, 9.17) is 4.74 Å². The van der Waals surface area contributed by atoms with Gasteiger partial charge in [-0.05, 0) is 27.2 Å². The lowest BCUT2D eigenvalue weighted by Crippen LogP contribution is -2.32. The Bertz CT molecular complexity index is 636. The van der Waals surface area contributed by atoms with Gasteiger partial charge in [-0.25, -0.2) is 0 Å². The second kappa shape index (κ2) is 4.77. The molecule has 0 saturated heterocycles. The van der Waals surface area contributed by atoms with Gasteiger partial charge in [0.15, 0.2) is 5.78 Å². The Morgan fingerprint density at radius 1 is 1.35 bits per heavy atom. The standard InChI is InChI=1S/C14H17NO5/c1-14(2,3)20-12(19)7-15-8-4-5-9(16)13(8)10(17)6-11(15)18/h6,17H,4-5,7H2,1-3H3. The lowest BCUT2D eigenvalue weighted by Gasteiger charge is -2.20. The molecule has 20 heavy (non-hydrogen) atoms. The van der Waals surface area contributed by atoms with E-state index in [0.717, 1.165) is 6.07 Å². The van der Waals surface area contributed by atoms with Crippen molar-refractivity contribution < 1.29 is 19.4 Å². The maximum absolute atomic E-state index is 11.9. The molecule has 0 bridgehead atoms. The molecule has 0 saturated carbocycles. The number of rotatable bonds is 2. The summed E-state index contributed by atoms with van der Waals surface area (Å²) in [7, 11) is 0. The molecule has 0 aliphatic heterocycles. The quantitative estimate of drug-likeness (QED) is 0.817. The van der Waals surface area contributed by atoms with Crippen molar-refractivity contribution in [2.75, 3.05) is 0 Å². The van der Waals surface area contributed by atoms with E-state index in [2.05, 4.69) is 0 Å². The molecule has 0 radical (unpaired) electrons. The van der Waals surface area contributed by atoms with Crippen LogP contribution in [0.2, 0.25) is 0 Å². The van der Waals surface area contributed by atoms with Gasteiger partial charge >= 0.3 is 5.97 Å². The summed E-state index contributed by atoms with van der Waals surface area (Å²) < 4.78 is 6.37. The van der Waals surface area contributed by atoms with Gasteiger partial charge in [-0.2, -0.15) is 0 Å². The minimum Gasteiger partial charge on any atom is -0.507 e. The predicted octanol–water partition coefficient (Wildman–Crippen LogP) is 1.02. The summed E-state index contributed by atoms with van der Waals surface area (Å²) in [6, 6.07) is 0.965. The number of Topliss-reactive ketones (excluding diaryl/α,β-unsaturated/α-hetero) is 1. The average Bonchev–Trinajstić information content (AvgIpc) is 2.64. The van der Waals surface area contributed by atoms with Crippen LogP contribution in [0.1, 0.15) is 43.2 Å². The lowest BCUT2D eigenvalue weighted by molar-refractivity contribution is -0.155. The van der Waals surface area contributed by atoms with Crippen LogP contribution >= 0.6 is 0 Å². The summed E-state index contributed by atoms with van der Waals surface area (Å²) in [6.45, 7) is 4.95. The summed E-state index contributed by atoms with van der Waals surface area (Å²) in [6.07, 6.45) is 0.585. The van der Waals surface area contributed by atoms with Gasteiger partial charge in [-0.1, -0.05) is 0 Å². The van der Waals surface area contributed by atoms with Crippen LogP contribution in [0.25, 0.3) is 0 Å². The van der Waals surface area contributed by atoms with Gasteiger partial charge in [0, 0.05) is 18.2 Å². The molecule has 1 heterocycles. The van der Waals surface area contributed by atoms with Crippen molar-refractivity contribution in [1.82, 2.24) is 4.57 Å². The molecule has 1 aromatic rings. The first-order chi connectivity index (χ1) is 9.19. The number of aromatic hydroxyl groups is 1. The molecule has 1 aliphatic carbocycles. The molecule has 0 amide bonds. The van der Waals surface area contributed by atoms with Crippen molar-refractivity contribution >= 4 is 11.8 Å². The number of carbonyl (C=O) groups is 2. The largest absolute Gasteiger partial charge is 0.507 e. The molecule has 0 spiro atoms. The molecule has 0 aromatic carbocycles. The van der Waals surface area contributed by atoms with Gasteiger partial charge in [0.25, 0.3) is 5.56 Å². The molecule has 2 rings (SSSR count). The number of esters is 1. The van der Waals surface area contributed by atoms with Gasteiger partial charge in [-0.15, -0.1) is 0 Å². The monoisotopic (exact) mass is 279 g/mol. The predicted molar refractivity (Wildman–Crippen MR) is 70.9 cm³/mol. The summed E-state index contributed by atoms with van der Waals surface area (Å²) >= 11 is 0. The van der Waals surface area contributed by atoms with E-state index in [0.29, 0.717) is 12.1 Å². The van der Waals surface area contributed by atoms with Crippen LogP contribution in [0.5, 0.6) is 5.75 Å². The number of nitrogens with zero attached hydrogens (tertiary/aromatic N) is 1. The zero-order valence-corrected chi connectivity index (χ0v) is 11.7. The van der Waals surface area contributed by atoms with Crippen molar-refractivity contribution in [3.63, 3.8) is 0 Å². The molecule has 0 atom stereocenters. The zero-order chi connectivity index (χ0) is 15.1. The molecule has 0 unspecified atom stereocenters. The number of ether oxygens (including phenoxy) is 1. The number of hydrogen-bond acceptors (Lipinski definition) is 5. The second-order valence-corrected chi connectivity index (χ2v) is 5.79. The Hall–Kier alpha value is -2.11. The number of carbonyl (C=O) groups excluding carboxylic acids is 2. The van der Waals surface area contributed by atoms with Crippen LogP contribution in [-0.2, 0) is 22.5 Å². The first kappa shape index (κ1) is 14.3. The zero-order valence-electron chi connectivity index (χ0n) is 11.7. The van der Waals surface area contributed by atoms with Crippen LogP contribution in [0.3, 0.4) is 0 Å². The van der Waals surface area contributed by atoms with Crippen molar-refractivity contribution in [1.29, 1.82) is 0 Å². The van der Waals surface area contributed by atoms with E-state index < -0.39 is 17.1 Å². The van der Waals surface area contributed by atoms with Crippen LogP contribution in [0.4, 0.5) is 0 Å². The maximum Gasteiger partial charge on any atom is 0.326 e. The highest BCUT2D eigenvalue weighted by atomic mass is 16.6. The third kappa shape index (κ3) is 2.74. The third-order valence-corrected chi connectivity index (χ3v) is 2.97. The molecule has 1 aromatic heterocycles. The van der Waals surface area contributed by atoms with E-state index in [1.54, 1.807) is 20.8 Å². The summed E-state index contributed by atoms with van der Waals surface area (Å²) in [5, 5.41) is 9.68. The molecular weight excluding hydrogens is 262 g/mol. The van der Waals surface area contributed by atoms with E-state index in [1.165, 1.54) is 4.57 Å². The van der Waals surface area contributed by atoms with Crippen LogP contribution in [0.15, 0.2) is 10.9 Å². The molecule has 0 fully saturated rings. The van der Waals surface area contributed by atoms with Crippen LogP contribution in [0, 0.1) is 0 Å². The maximum atomic E-state index is 11.9. The van der Waals surface area contributed by atoms with Crippen molar-refractivity contribution in [2.45, 2.75) is 45.8 Å². The van der Waals surface area contributed by atoms with Gasteiger partial charge < -0.3 is 14.4 Å². The highest BCUT2D eigenvalue weighted by Gasteiger charge is 2.28. The first-order valence-corrected chi connectivity index (χ1v) is 6.40.